The first kappa shape index (κ1) is 7.53. The smallest absolute Gasteiger partial charge is 0.354 e. The van der Waals surface area contributed by atoms with Gasteiger partial charge in [-0.2, -0.15) is 4.98 Å². The zero-order chi connectivity index (χ0) is 9.42. The molecule has 0 aliphatic rings. The fourth-order valence-electron chi connectivity index (χ4n) is 1.03. The molecule has 0 aliphatic heterocycles. The molecular weight excluding hydrogens is 172 g/mol. The summed E-state index contributed by atoms with van der Waals surface area (Å²) in [4.78, 5) is 20.8. The van der Waals surface area contributed by atoms with E-state index in [-0.39, 0.29) is 11.6 Å². The number of aromatic nitrogens is 3. The van der Waals surface area contributed by atoms with Gasteiger partial charge in [-0.3, -0.25) is 0 Å². The highest BCUT2D eigenvalue weighted by Crippen LogP contribution is 2.10. The van der Waals surface area contributed by atoms with E-state index in [0.29, 0.717) is 11.2 Å². The van der Waals surface area contributed by atoms with Gasteiger partial charge in [0.25, 0.3) is 0 Å². The molecule has 0 saturated heterocycles. The molecule has 2 aromatic rings. The number of carbonyl (C=O) groups is 1. The Bertz CT molecular complexity index is 476. The van der Waals surface area contributed by atoms with Gasteiger partial charge in [0.1, 0.15) is 0 Å². The summed E-state index contributed by atoms with van der Waals surface area (Å²) in [5, 5.41) is 8.62. The van der Waals surface area contributed by atoms with Crippen molar-refractivity contribution in [3.63, 3.8) is 0 Å². The number of aromatic amines is 1. The molecule has 66 valence electrons. The number of hydrogen-bond acceptors (Lipinski definition) is 4. The third kappa shape index (κ3) is 1.18. The van der Waals surface area contributed by atoms with Gasteiger partial charge in [-0.1, -0.05) is 0 Å². The van der Waals surface area contributed by atoms with Crippen molar-refractivity contribution in [3.05, 3.63) is 17.8 Å². The van der Waals surface area contributed by atoms with Crippen molar-refractivity contribution in [3.8, 4) is 0 Å². The fourth-order valence-corrected chi connectivity index (χ4v) is 1.03. The maximum absolute atomic E-state index is 10.5. The Morgan fingerprint density at radius 1 is 1.46 bits per heavy atom. The molecule has 0 saturated carbocycles. The lowest BCUT2D eigenvalue weighted by Gasteiger charge is -1.90. The van der Waals surface area contributed by atoms with Crippen molar-refractivity contribution in [2.24, 2.45) is 0 Å². The van der Waals surface area contributed by atoms with E-state index in [9.17, 15) is 4.79 Å². The first-order valence-corrected chi connectivity index (χ1v) is 3.52. The Morgan fingerprint density at radius 2 is 2.23 bits per heavy atom. The average Bonchev–Trinajstić information content (AvgIpc) is 2.42. The largest absolute Gasteiger partial charge is 0.477 e. The van der Waals surface area contributed by atoms with Gasteiger partial charge >= 0.3 is 5.97 Å². The number of H-pyrrole nitrogens is 1. The molecule has 4 N–H and O–H groups in total. The van der Waals surface area contributed by atoms with Crippen LogP contribution in [0.1, 0.15) is 10.5 Å². The SMILES string of the molecule is Nc1nc2nc(C(=O)O)ccc2[nH]1. The van der Waals surface area contributed by atoms with Crippen LogP contribution < -0.4 is 5.73 Å². The summed E-state index contributed by atoms with van der Waals surface area (Å²) in [6, 6.07) is 2.97. The highest BCUT2D eigenvalue weighted by Gasteiger charge is 2.07. The van der Waals surface area contributed by atoms with Gasteiger partial charge in [0.2, 0.25) is 0 Å². The minimum atomic E-state index is -1.08. The van der Waals surface area contributed by atoms with Gasteiger partial charge in [0.15, 0.2) is 17.3 Å². The first-order chi connectivity index (χ1) is 6.16. The lowest BCUT2D eigenvalue weighted by Crippen LogP contribution is -1.99. The number of anilines is 1. The normalized spacial score (nSPS) is 10.5. The lowest BCUT2D eigenvalue weighted by atomic mass is 10.3. The second-order valence-electron chi connectivity index (χ2n) is 2.49. The summed E-state index contributed by atoms with van der Waals surface area (Å²) < 4.78 is 0. The Hall–Kier alpha value is -2.11. The summed E-state index contributed by atoms with van der Waals surface area (Å²) in [6.07, 6.45) is 0. The van der Waals surface area contributed by atoms with E-state index < -0.39 is 5.97 Å². The van der Waals surface area contributed by atoms with Gasteiger partial charge in [-0.15, -0.1) is 0 Å². The highest BCUT2D eigenvalue weighted by molar-refractivity contribution is 5.88. The van der Waals surface area contributed by atoms with Crippen LogP contribution in [-0.4, -0.2) is 26.0 Å². The number of carboxylic acid groups (broad SMARTS) is 1. The number of fused-ring (bicyclic) bond motifs is 1. The summed E-state index contributed by atoms with van der Waals surface area (Å²) >= 11 is 0. The zero-order valence-corrected chi connectivity index (χ0v) is 6.48. The van der Waals surface area contributed by atoms with E-state index in [1.54, 1.807) is 6.07 Å². The molecule has 2 rings (SSSR count). The van der Waals surface area contributed by atoms with E-state index in [2.05, 4.69) is 15.0 Å². The van der Waals surface area contributed by atoms with Crippen molar-refractivity contribution in [2.75, 3.05) is 5.73 Å². The van der Waals surface area contributed by atoms with Gasteiger partial charge < -0.3 is 15.8 Å². The number of nitrogens with one attached hydrogen (secondary N) is 1. The number of nitrogens with zero attached hydrogens (tertiary/aromatic N) is 2. The van der Waals surface area contributed by atoms with Crippen molar-refractivity contribution in [2.45, 2.75) is 0 Å². The number of pyridine rings is 1. The predicted octanol–water partition coefficient (Wildman–Crippen LogP) is 0.238. The number of carboxylic acids is 1. The number of imidazole rings is 1. The molecule has 0 atom stereocenters. The molecule has 0 radical (unpaired) electrons. The summed E-state index contributed by atoms with van der Waals surface area (Å²) in [5.74, 6) is -0.853. The average molecular weight is 178 g/mol. The highest BCUT2D eigenvalue weighted by atomic mass is 16.4. The van der Waals surface area contributed by atoms with Crippen LogP contribution in [0.5, 0.6) is 0 Å². The van der Waals surface area contributed by atoms with E-state index in [1.165, 1.54) is 6.07 Å². The van der Waals surface area contributed by atoms with Crippen LogP contribution in [0.25, 0.3) is 11.2 Å². The molecule has 2 aromatic heterocycles. The van der Waals surface area contributed by atoms with E-state index in [0.717, 1.165) is 0 Å². The molecule has 0 aromatic carbocycles. The summed E-state index contributed by atoms with van der Waals surface area (Å²) in [7, 11) is 0. The van der Waals surface area contributed by atoms with E-state index in [1.807, 2.05) is 0 Å². The molecule has 13 heavy (non-hydrogen) atoms. The number of nitrogens with two attached hydrogens (primary N) is 1. The molecular formula is C7H6N4O2. The quantitative estimate of drug-likeness (QED) is 0.580. The van der Waals surface area contributed by atoms with Gasteiger partial charge in [0, 0.05) is 0 Å². The van der Waals surface area contributed by atoms with E-state index in [4.69, 9.17) is 10.8 Å². The lowest BCUT2D eigenvalue weighted by molar-refractivity contribution is 0.0691. The van der Waals surface area contributed by atoms with Crippen LogP contribution in [0.3, 0.4) is 0 Å². The Kier molecular flexibility index (Phi) is 1.42. The second kappa shape index (κ2) is 2.44. The Balaban J connectivity index is 2.67. The summed E-state index contributed by atoms with van der Waals surface area (Å²) in [5.41, 5.74) is 6.26. The standard InChI is InChI=1S/C7H6N4O2/c8-7-10-3-1-2-4(6(12)13)9-5(3)11-7/h1-2H,(H,12,13)(H3,8,9,10,11). The molecule has 0 fully saturated rings. The maximum Gasteiger partial charge on any atom is 0.354 e. The minimum Gasteiger partial charge on any atom is -0.477 e. The topological polar surface area (TPSA) is 105 Å². The maximum atomic E-state index is 10.5. The molecule has 2 heterocycles. The van der Waals surface area contributed by atoms with Crippen LogP contribution in [0, 0.1) is 0 Å². The third-order valence-corrected chi connectivity index (χ3v) is 1.58. The molecule has 0 bridgehead atoms. The van der Waals surface area contributed by atoms with Crippen LogP contribution >= 0.6 is 0 Å². The number of nitrogen functional groups attached to an aromatic ring is 1. The number of rotatable bonds is 1. The molecule has 0 amide bonds. The van der Waals surface area contributed by atoms with Crippen LogP contribution in [0.15, 0.2) is 12.1 Å². The molecule has 0 spiro atoms. The summed E-state index contributed by atoms with van der Waals surface area (Å²) in [6.45, 7) is 0. The van der Waals surface area contributed by atoms with Crippen LogP contribution in [-0.2, 0) is 0 Å². The second-order valence-corrected chi connectivity index (χ2v) is 2.49. The molecule has 0 aliphatic carbocycles. The first-order valence-electron chi connectivity index (χ1n) is 3.52. The number of hydrogen-bond donors (Lipinski definition) is 3. The third-order valence-electron chi connectivity index (χ3n) is 1.58. The Labute approximate surface area is 72.4 Å². The predicted molar refractivity (Wildman–Crippen MR) is 45.3 cm³/mol. The van der Waals surface area contributed by atoms with Crippen molar-refractivity contribution < 1.29 is 9.90 Å². The minimum absolute atomic E-state index is 0.0426. The molecule has 6 heteroatoms. The Morgan fingerprint density at radius 3 is 2.92 bits per heavy atom. The zero-order valence-electron chi connectivity index (χ0n) is 6.48. The van der Waals surface area contributed by atoms with Crippen molar-refractivity contribution in [1.82, 2.24) is 15.0 Å². The van der Waals surface area contributed by atoms with Crippen molar-refractivity contribution >= 4 is 23.1 Å². The molecule has 0 unspecified atom stereocenters. The van der Waals surface area contributed by atoms with Gasteiger partial charge in [0.05, 0.1) is 5.52 Å². The fraction of sp³-hybridized carbons (Fsp3) is 0. The van der Waals surface area contributed by atoms with Crippen molar-refractivity contribution in [1.29, 1.82) is 0 Å². The molecule has 6 nitrogen and oxygen atoms in total. The van der Waals surface area contributed by atoms with Gasteiger partial charge in [-0.25, -0.2) is 9.78 Å². The van der Waals surface area contributed by atoms with E-state index >= 15 is 0 Å². The van der Waals surface area contributed by atoms with Crippen LogP contribution in [0.2, 0.25) is 0 Å². The monoisotopic (exact) mass is 178 g/mol. The number of aromatic carboxylic acids is 1. The van der Waals surface area contributed by atoms with Gasteiger partial charge in [-0.05, 0) is 12.1 Å². The van der Waals surface area contributed by atoms with Crippen LogP contribution in [0.4, 0.5) is 5.95 Å².